The van der Waals surface area contributed by atoms with E-state index in [2.05, 4.69) is 5.32 Å². The fraction of sp³-hybridized carbons (Fsp3) is 0.222. The number of carboxylic acids is 1. The topological polar surface area (TPSA) is 84.9 Å². The number of amides is 1. The Morgan fingerprint density at radius 3 is 2.54 bits per heavy atom. The van der Waals surface area contributed by atoms with Gasteiger partial charge in [-0.3, -0.25) is 9.59 Å². The van der Waals surface area contributed by atoms with Crippen LogP contribution in [0.2, 0.25) is 0 Å². The van der Waals surface area contributed by atoms with Gasteiger partial charge in [0.1, 0.15) is 0 Å². The molecule has 6 heteroatoms. The molecule has 1 atom stereocenters. The van der Waals surface area contributed by atoms with Crippen molar-refractivity contribution < 1.29 is 24.2 Å². The number of carbonyl (C=O) groups is 2. The minimum atomic E-state index is -0.980. The average molecular weight is 327 g/mol. The zero-order chi connectivity index (χ0) is 17.1. The van der Waals surface area contributed by atoms with Crippen molar-refractivity contribution in [3.8, 4) is 11.5 Å². The van der Waals surface area contributed by atoms with E-state index in [9.17, 15) is 9.59 Å². The van der Waals surface area contributed by atoms with Gasteiger partial charge in [0.2, 0.25) is 6.79 Å². The van der Waals surface area contributed by atoms with Crippen molar-refractivity contribution in [1.82, 2.24) is 5.32 Å². The molecule has 0 aliphatic carbocycles. The maximum absolute atomic E-state index is 12.5. The van der Waals surface area contributed by atoms with E-state index < -0.39 is 12.0 Å². The van der Waals surface area contributed by atoms with E-state index in [-0.39, 0.29) is 19.1 Å². The van der Waals surface area contributed by atoms with Gasteiger partial charge >= 0.3 is 5.97 Å². The lowest BCUT2D eigenvalue weighted by Crippen LogP contribution is -2.30. The van der Waals surface area contributed by atoms with Crippen LogP contribution in [-0.2, 0) is 4.79 Å². The average Bonchev–Trinajstić information content (AvgIpc) is 3.02. The van der Waals surface area contributed by atoms with Gasteiger partial charge < -0.3 is 19.9 Å². The third-order valence-corrected chi connectivity index (χ3v) is 3.80. The number of rotatable bonds is 5. The molecule has 1 heterocycles. The number of carboxylic acid groups (broad SMARTS) is 1. The van der Waals surface area contributed by atoms with E-state index in [1.807, 2.05) is 31.2 Å². The van der Waals surface area contributed by atoms with Gasteiger partial charge in [0, 0.05) is 5.56 Å². The molecule has 3 rings (SSSR count). The SMILES string of the molecule is Cc1ccc(C(CC(=O)O)NC(=O)c2ccc3c(c2)OCO3)cc1. The number of fused-ring (bicyclic) bond motifs is 1. The highest BCUT2D eigenvalue weighted by Gasteiger charge is 2.21. The summed E-state index contributed by atoms with van der Waals surface area (Å²) in [6.45, 7) is 2.08. The van der Waals surface area contributed by atoms with Gasteiger partial charge in [0.05, 0.1) is 12.5 Å². The fourth-order valence-electron chi connectivity index (χ4n) is 2.50. The van der Waals surface area contributed by atoms with Crippen molar-refractivity contribution in [3.05, 3.63) is 59.2 Å². The minimum absolute atomic E-state index is 0.130. The second-order valence-electron chi connectivity index (χ2n) is 5.60. The van der Waals surface area contributed by atoms with E-state index in [0.29, 0.717) is 17.1 Å². The summed E-state index contributed by atoms with van der Waals surface area (Å²) in [5.74, 6) is -0.244. The molecule has 24 heavy (non-hydrogen) atoms. The van der Waals surface area contributed by atoms with Crippen LogP contribution in [0.4, 0.5) is 0 Å². The predicted molar refractivity (Wildman–Crippen MR) is 86.2 cm³/mol. The summed E-state index contributed by atoms with van der Waals surface area (Å²) in [6.07, 6.45) is -0.195. The van der Waals surface area contributed by atoms with Crippen LogP contribution in [0.3, 0.4) is 0 Å². The Bertz CT molecular complexity index is 769. The molecule has 0 spiro atoms. The number of aliphatic carboxylic acids is 1. The van der Waals surface area contributed by atoms with Crippen molar-refractivity contribution in [2.75, 3.05) is 6.79 Å². The van der Waals surface area contributed by atoms with E-state index >= 15 is 0 Å². The second kappa shape index (κ2) is 6.62. The first-order valence-corrected chi connectivity index (χ1v) is 7.52. The molecule has 1 unspecified atom stereocenters. The van der Waals surface area contributed by atoms with E-state index in [1.54, 1.807) is 18.2 Å². The molecule has 0 aromatic heterocycles. The monoisotopic (exact) mass is 327 g/mol. The Hall–Kier alpha value is -3.02. The van der Waals surface area contributed by atoms with Gasteiger partial charge in [0.25, 0.3) is 5.91 Å². The van der Waals surface area contributed by atoms with Crippen LogP contribution in [0, 0.1) is 6.92 Å². The van der Waals surface area contributed by atoms with Crippen molar-refractivity contribution in [2.45, 2.75) is 19.4 Å². The first-order chi connectivity index (χ1) is 11.5. The third-order valence-electron chi connectivity index (χ3n) is 3.80. The number of benzene rings is 2. The summed E-state index contributed by atoms with van der Waals surface area (Å²) in [7, 11) is 0. The molecule has 0 fully saturated rings. The van der Waals surface area contributed by atoms with Crippen LogP contribution < -0.4 is 14.8 Å². The molecule has 2 N–H and O–H groups in total. The highest BCUT2D eigenvalue weighted by molar-refractivity contribution is 5.95. The van der Waals surface area contributed by atoms with Gasteiger partial charge in [-0.2, -0.15) is 0 Å². The summed E-state index contributed by atoms with van der Waals surface area (Å²) in [5.41, 5.74) is 2.20. The predicted octanol–water partition coefficient (Wildman–Crippen LogP) is 2.67. The van der Waals surface area contributed by atoms with Crippen molar-refractivity contribution >= 4 is 11.9 Å². The zero-order valence-corrected chi connectivity index (χ0v) is 13.1. The Kier molecular flexibility index (Phi) is 4.37. The standard InChI is InChI=1S/C18H17NO5/c1-11-2-4-12(5-3-11)14(9-17(20)21)19-18(22)13-6-7-15-16(8-13)24-10-23-15/h2-8,14H,9-10H2,1H3,(H,19,22)(H,20,21). The van der Waals surface area contributed by atoms with Crippen LogP contribution in [0.5, 0.6) is 11.5 Å². The zero-order valence-electron chi connectivity index (χ0n) is 13.1. The quantitative estimate of drug-likeness (QED) is 0.882. The number of hydrogen-bond donors (Lipinski definition) is 2. The largest absolute Gasteiger partial charge is 0.481 e. The fourth-order valence-corrected chi connectivity index (χ4v) is 2.50. The minimum Gasteiger partial charge on any atom is -0.481 e. The Morgan fingerprint density at radius 1 is 1.12 bits per heavy atom. The van der Waals surface area contributed by atoms with Crippen LogP contribution in [0.1, 0.15) is 33.9 Å². The summed E-state index contributed by atoms with van der Waals surface area (Å²) >= 11 is 0. The lowest BCUT2D eigenvalue weighted by atomic mass is 10.0. The molecular formula is C18H17NO5. The first-order valence-electron chi connectivity index (χ1n) is 7.52. The van der Waals surface area contributed by atoms with Crippen LogP contribution >= 0.6 is 0 Å². The number of ether oxygens (including phenoxy) is 2. The Balaban J connectivity index is 1.80. The number of nitrogens with one attached hydrogen (secondary N) is 1. The molecule has 1 aliphatic rings. The van der Waals surface area contributed by atoms with E-state index in [4.69, 9.17) is 14.6 Å². The van der Waals surface area contributed by atoms with Crippen molar-refractivity contribution in [2.24, 2.45) is 0 Å². The molecule has 2 aromatic rings. The molecule has 1 amide bonds. The van der Waals surface area contributed by atoms with Crippen molar-refractivity contribution in [3.63, 3.8) is 0 Å². The second-order valence-corrected chi connectivity index (χ2v) is 5.60. The smallest absolute Gasteiger partial charge is 0.305 e. The Labute approximate surface area is 139 Å². The van der Waals surface area contributed by atoms with Crippen LogP contribution in [0.25, 0.3) is 0 Å². The first kappa shape index (κ1) is 15.9. The summed E-state index contributed by atoms with van der Waals surface area (Å²) in [5, 5.41) is 11.9. The van der Waals surface area contributed by atoms with Crippen molar-refractivity contribution in [1.29, 1.82) is 0 Å². The molecule has 0 saturated heterocycles. The molecule has 0 saturated carbocycles. The van der Waals surface area contributed by atoms with E-state index in [0.717, 1.165) is 11.1 Å². The molecule has 1 aliphatic heterocycles. The van der Waals surface area contributed by atoms with Crippen LogP contribution in [0.15, 0.2) is 42.5 Å². The highest BCUT2D eigenvalue weighted by atomic mass is 16.7. The third kappa shape index (κ3) is 3.48. The maximum atomic E-state index is 12.5. The summed E-state index contributed by atoms with van der Waals surface area (Å²) in [6, 6.07) is 11.7. The van der Waals surface area contributed by atoms with Gasteiger partial charge in [0.15, 0.2) is 11.5 Å². The van der Waals surface area contributed by atoms with E-state index in [1.165, 1.54) is 0 Å². The lowest BCUT2D eigenvalue weighted by Gasteiger charge is -2.18. The molecule has 124 valence electrons. The maximum Gasteiger partial charge on any atom is 0.305 e. The Morgan fingerprint density at radius 2 is 1.83 bits per heavy atom. The molecular weight excluding hydrogens is 310 g/mol. The summed E-state index contributed by atoms with van der Waals surface area (Å²) in [4.78, 5) is 23.6. The number of hydrogen-bond acceptors (Lipinski definition) is 4. The lowest BCUT2D eigenvalue weighted by molar-refractivity contribution is -0.137. The molecule has 6 nitrogen and oxygen atoms in total. The molecule has 0 bridgehead atoms. The molecule has 0 radical (unpaired) electrons. The van der Waals surface area contributed by atoms with Crippen LogP contribution in [-0.4, -0.2) is 23.8 Å². The van der Waals surface area contributed by atoms with Gasteiger partial charge in [-0.05, 0) is 30.7 Å². The number of aryl methyl sites for hydroxylation is 1. The summed E-state index contributed by atoms with van der Waals surface area (Å²) < 4.78 is 10.5. The van der Waals surface area contributed by atoms with Gasteiger partial charge in [-0.15, -0.1) is 0 Å². The highest BCUT2D eigenvalue weighted by Crippen LogP contribution is 2.32. The van der Waals surface area contributed by atoms with Gasteiger partial charge in [-0.1, -0.05) is 29.8 Å². The van der Waals surface area contributed by atoms with Gasteiger partial charge in [-0.25, -0.2) is 0 Å². The number of carbonyl (C=O) groups excluding carboxylic acids is 1. The molecule has 2 aromatic carbocycles. The normalized spacial score (nSPS) is 13.4.